The summed E-state index contributed by atoms with van der Waals surface area (Å²) in [5.74, 6) is 0.364. The molecule has 1 aromatic carbocycles. The molecular weight excluding hydrogens is 390 g/mol. The predicted molar refractivity (Wildman–Crippen MR) is 105 cm³/mol. The van der Waals surface area contributed by atoms with Crippen LogP contribution in [0.3, 0.4) is 0 Å². The van der Waals surface area contributed by atoms with Crippen molar-refractivity contribution in [2.75, 3.05) is 31.0 Å². The van der Waals surface area contributed by atoms with Crippen molar-refractivity contribution >= 4 is 23.3 Å². The van der Waals surface area contributed by atoms with Gasteiger partial charge < -0.3 is 24.1 Å². The molecule has 2 aromatic rings. The van der Waals surface area contributed by atoms with Gasteiger partial charge in [0.25, 0.3) is 0 Å². The van der Waals surface area contributed by atoms with Gasteiger partial charge in [-0.25, -0.2) is 0 Å². The second kappa shape index (κ2) is 6.60. The highest BCUT2D eigenvalue weighted by Crippen LogP contribution is 2.52. The molecule has 0 radical (unpaired) electrons. The van der Waals surface area contributed by atoms with Crippen molar-refractivity contribution in [3.63, 3.8) is 0 Å². The minimum Gasteiger partial charge on any atom is -0.497 e. The van der Waals surface area contributed by atoms with E-state index in [1.165, 1.54) is 19.1 Å². The van der Waals surface area contributed by atoms with Gasteiger partial charge in [-0.15, -0.1) is 0 Å². The number of anilines is 2. The van der Waals surface area contributed by atoms with Crippen LogP contribution in [0.4, 0.5) is 11.5 Å². The third-order valence-corrected chi connectivity index (χ3v) is 5.91. The van der Waals surface area contributed by atoms with Gasteiger partial charge in [-0.1, -0.05) is 17.3 Å². The van der Waals surface area contributed by atoms with E-state index >= 15 is 0 Å². The van der Waals surface area contributed by atoms with E-state index in [4.69, 9.17) is 18.7 Å². The fourth-order valence-electron chi connectivity index (χ4n) is 4.58. The van der Waals surface area contributed by atoms with E-state index in [0.29, 0.717) is 35.3 Å². The first-order valence-corrected chi connectivity index (χ1v) is 9.60. The molecule has 4 atom stereocenters. The van der Waals surface area contributed by atoms with Crippen LogP contribution in [0.2, 0.25) is 0 Å². The second-order valence-corrected chi connectivity index (χ2v) is 7.71. The number of nitrogens with one attached hydrogen (secondary N) is 1. The van der Waals surface area contributed by atoms with Crippen LogP contribution in [-0.4, -0.2) is 49.4 Å². The van der Waals surface area contributed by atoms with Crippen molar-refractivity contribution < 1.29 is 28.3 Å². The summed E-state index contributed by atoms with van der Waals surface area (Å²) < 4.78 is 21.8. The molecule has 2 fully saturated rings. The topological polar surface area (TPSA) is 103 Å². The number of benzene rings is 1. The predicted octanol–water partition coefficient (Wildman–Crippen LogP) is 1.93. The number of hydrogen-bond donors (Lipinski definition) is 1. The molecule has 1 N–H and O–H groups in total. The van der Waals surface area contributed by atoms with Crippen LogP contribution in [0.5, 0.6) is 11.5 Å². The van der Waals surface area contributed by atoms with Gasteiger partial charge in [-0.3, -0.25) is 14.5 Å². The lowest BCUT2D eigenvalue weighted by Gasteiger charge is -2.23. The number of methoxy groups -OCH3 is 2. The van der Waals surface area contributed by atoms with Crippen LogP contribution in [-0.2, 0) is 14.3 Å². The van der Waals surface area contributed by atoms with E-state index in [-0.39, 0.29) is 11.8 Å². The minimum absolute atomic E-state index is 0.196. The molecule has 0 unspecified atom stereocenters. The molecular formula is C21H21N3O6. The number of amides is 2. The Kier molecular flexibility index (Phi) is 4.11. The Balaban J connectivity index is 1.42. The molecule has 3 aliphatic heterocycles. The fraction of sp³-hybridized carbons (Fsp3) is 0.381. The van der Waals surface area contributed by atoms with Crippen LogP contribution in [0.15, 0.2) is 40.9 Å². The van der Waals surface area contributed by atoms with E-state index in [1.807, 2.05) is 12.2 Å². The van der Waals surface area contributed by atoms with Crippen molar-refractivity contribution in [3.8, 4) is 11.5 Å². The monoisotopic (exact) mass is 411 g/mol. The third-order valence-electron chi connectivity index (χ3n) is 5.91. The zero-order valence-corrected chi connectivity index (χ0v) is 16.7. The van der Waals surface area contributed by atoms with Crippen LogP contribution in [0, 0.1) is 18.8 Å². The molecule has 3 aliphatic rings. The molecule has 1 aromatic heterocycles. The van der Waals surface area contributed by atoms with Gasteiger partial charge in [-0.2, -0.15) is 0 Å². The molecule has 2 amide bonds. The third kappa shape index (κ3) is 2.69. The Morgan fingerprint density at radius 3 is 2.60 bits per heavy atom. The normalized spacial score (nSPS) is 28.7. The van der Waals surface area contributed by atoms with Crippen LogP contribution in [0.25, 0.3) is 0 Å². The number of nitrogens with zero attached hydrogens (tertiary/aromatic N) is 2. The van der Waals surface area contributed by atoms with E-state index in [9.17, 15) is 9.59 Å². The van der Waals surface area contributed by atoms with Crippen LogP contribution < -0.4 is 19.7 Å². The Morgan fingerprint density at radius 2 is 1.97 bits per heavy atom. The van der Waals surface area contributed by atoms with Gasteiger partial charge in [0.2, 0.25) is 11.8 Å². The summed E-state index contributed by atoms with van der Waals surface area (Å²) in [6, 6.07) is 6.80. The Morgan fingerprint density at radius 1 is 1.23 bits per heavy atom. The van der Waals surface area contributed by atoms with Crippen molar-refractivity contribution in [2.24, 2.45) is 11.8 Å². The summed E-state index contributed by atoms with van der Waals surface area (Å²) in [5.41, 5.74) is -0.311. The summed E-state index contributed by atoms with van der Waals surface area (Å²) in [4.78, 5) is 28.0. The highest BCUT2D eigenvalue weighted by molar-refractivity contribution is 6.05. The maximum absolute atomic E-state index is 13.3. The summed E-state index contributed by atoms with van der Waals surface area (Å²) in [5, 5.41) is 6.84. The maximum Gasteiger partial charge on any atom is 0.235 e. The number of aromatic nitrogens is 1. The van der Waals surface area contributed by atoms with Gasteiger partial charge in [0, 0.05) is 30.0 Å². The largest absolute Gasteiger partial charge is 0.497 e. The fourth-order valence-corrected chi connectivity index (χ4v) is 4.58. The molecule has 5 rings (SSSR count). The molecule has 0 aliphatic carbocycles. The first-order chi connectivity index (χ1) is 14.4. The second-order valence-electron chi connectivity index (χ2n) is 7.71. The van der Waals surface area contributed by atoms with Gasteiger partial charge >= 0.3 is 0 Å². The molecule has 30 heavy (non-hydrogen) atoms. The average Bonchev–Trinajstić information content (AvgIpc) is 3.48. The Bertz CT molecular complexity index is 1040. The molecule has 0 saturated carbocycles. The summed E-state index contributed by atoms with van der Waals surface area (Å²) in [6.07, 6.45) is 3.30. The van der Waals surface area contributed by atoms with Gasteiger partial charge in [-0.05, 0) is 6.92 Å². The van der Waals surface area contributed by atoms with Gasteiger partial charge in [0.05, 0.1) is 38.7 Å². The average molecular weight is 411 g/mol. The highest BCUT2D eigenvalue weighted by Gasteiger charge is 2.67. The number of ether oxygens (including phenoxy) is 3. The smallest absolute Gasteiger partial charge is 0.235 e. The van der Waals surface area contributed by atoms with Crippen LogP contribution in [0.1, 0.15) is 5.76 Å². The van der Waals surface area contributed by atoms with Gasteiger partial charge in [0.1, 0.15) is 22.9 Å². The number of hydrogen-bond acceptors (Lipinski definition) is 7. The number of carbonyl (C=O) groups excluding carboxylic acids is 2. The number of fused-ring (bicyclic) bond motifs is 1. The lowest BCUT2D eigenvalue weighted by atomic mass is 9.77. The SMILES string of the molecule is COc1cc(NC(=O)[C@H]2[C@H]3C(=O)N(c4cc(C)on4)C[C@@]34C=C[C@H]2O4)cc(OC)c1. The van der Waals surface area contributed by atoms with Crippen molar-refractivity contribution in [3.05, 3.63) is 42.2 Å². The molecule has 156 valence electrons. The van der Waals surface area contributed by atoms with Gasteiger partial charge in [0.15, 0.2) is 5.82 Å². The lowest BCUT2D eigenvalue weighted by Crippen LogP contribution is -2.41. The number of carbonyl (C=O) groups is 2. The van der Waals surface area contributed by atoms with E-state index in [1.54, 1.807) is 31.2 Å². The van der Waals surface area contributed by atoms with Crippen molar-refractivity contribution in [1.29, 1.82) is 0 Å². The highest BCUT2D eigenvalue weighted by atomic mass is 16.5. The number of aryl methyl sites for hydroxylation is 1. The Labute approximate surface area is 172 Å². The molecule has 4 heterocycles. The first-order valence-electron chi connectivity index (χ1n) is 9.60. The molecule has 1 spiro atoms. The van der Waals surface area contributed by atoms with E-state index < -0.39 is 23.5 Å². The zero-order valence-electron chi connectivity index (χ0n) is 16.7. The van der Waals surface area contributed by atoms with E-state index in [2.05, 4.69) is 10.5 Å². The lowest BCUT2D eigenvalue weighted by molar-refractivity contribution is -0.128. The molecule has 9 heteroatoms. The summed E-state index contributed by atoms with van der Waals surface area (Å²) in [7, 11) is 3.08. The van der Waals surface area contributed by atoms with Crippen LogP contribution >= 0.6 is 0 Å². The standard InChI is InChI=1S/C21H21N3O6/c1-11-6-16(23-30-11)24-10-21-5-4-15(29-21)17(18(21)20(24)26)19(25)22-12-7-13(27-2)9-14(8-12)28-3/h4-9,15,17-18H,10H2,1-3H3,(H,22,25)/t15-,17-,18+,21+/m1/s1. The Hall–Kier alpha value is -3.33. The maximum atomic E-state index is 13.3. The minimum atomic E-state index is -0.831. The zero-order chi connectivity index (χ0) is 21.0. The van der Waals surface area contributed by atoms with Crippen molar-refractivity contribution in [2.45, 2.75) is 18.6 Å². The molecule has 9 nitrogen and oxygen atoms in total. The molecule has 2 bridgehead atoms. The van der Waals surface area contributed by atoms with Crippen molar-refractivity contribution in [1.82, 2.24) is 5.16 Å². The molecule has 2 saturated heterocycles. The summed E-state index contributed by atoms with van der Waals surface area (Å²) in [6.45, 7) is 2.06. The van der Waals surface area contributed by atoms with E-state index in [0.717, 1.165) is 0 Å². The summed E-state index contributed by atoms with van der Waals surface area (Å²) >= 11 is 0. The first kappa shape index (κ1) is 18.7. The number of rotatable bonds is 5. The quantitative estimate of drug-likeness (QED) is 0.750.